The first-order chi connectivity index (χ1) is 9.02. The van der Waals surface area contributed by atoms with Crippen molar-refractivity contribution >= 4 is 0 Å². The van der Waals surface area contributed by atoms with Gasteiger partial charge in [0.2, 0.25) is 0 Å². The Morgan fingerprint density at radius 3 is 2.47 bits per heavy atom. The molecule has 0 radical (unpaired) electrons. The molecule has 0 amide bonds. The highest BCUT2D eigenvalue weighted by Crippen LogP contribution is 2.30. The molecule has 1 saturated carbocycles. The molecule has 0 spiro atoms. The third-order valence-electron chi connectivity index (χ3n) is 4.86. The van der Waals surface area contributed by atoms with Crippen molar-refractivity contribution in [1.29, 1.82) is 0 Å². The molecule has 2 nitrogen and oxygen atoms in total. The summed E-state index contributed by atoms with van der Waals surface area (Å²) in [7, 11) is 2.26. The smallest absolute Gasteiger partial charge is 0.0236 e. The maximum Gasteiger partial charge on any atom is 0.0236 e. The molecular formula is C17H28N2. The van der Waals surface area contributed by atoms with Crippen LogP contribution in [0.4, 0.5) is 0 Å². The van der Waals surface area contributed by atoms with Crippen LogP contribution in [0, 0.1) is 26.7 Å². The van der Waals surface area contributed by atoms with E-state index in [0.717, 1.165) is 13.1 Å². The Bertz CT molecular complexity index is 439. The average Bonchev–Trinajstić information content (AvgIpc) is 2.84. The van der Waals surface area contributed by atoms with Gasteiger partial charge in [-0.05, 0) is 75.4 Å². The van der Waals surface area contributed by atoms with E-state index >= 15 is 0 Å². The first kappa shape index (κ1) is 14.5. The van der Waals surface area contributed by atoms with Gasteiger partial charge in [0.25, 0.3) is 0 Å². The van der Waals surface area contributed by atoms with Crippen LogP contribution in [-0.2, 0) is 6.54 Å². The molecule has 19 heavy (non-hydrogen) atoms. The van der Waals surface area contributed by atoms with E-state index in [1.54, 1.807) is 0 Å². The highest BCUT2D eigenvalue weighted by atomic mass is 15.1. The van der Waals surface area contributed by atoms with Gasteiger partial charge in [-0.3, -0.25) is 4.90 Å². The summed E-state index contributed by atoms with van der Waals surface area (Å²) in [5, 5.41) is 0. The van der Waals surface area contributed by atoms with E-state index in [1.807, 2.05) is 0 Å². The summed E-state index contributed by atoms with van der Waals surface area (Å²) in [4.78, 5) is 2.52. The zero-order valence-corrected chi connectivity index (χ0v) is 12.9. The lowest BCUT2D eigenvalue weighted by atomic mass is 9.98. The SMILES string of the molecule is Cc1cc(C)c(CN(C)C2CCCC2CN)cc1C. The second-order valence-corrected chi connectivity index (χ2v) is 6.27. The van der Waals surface area contributed by atoms with Gasteiger partial charge in [-0.15, -0.1) is 0 Å². The fourth-order valence-corrected chi connectivity index (χ4v) is 3.45. The van der Waals surface area contributed by atoms with E-state index in [-0.39, 0.29) is 0 Å². The topological polar surface area (TPSA) is 29.3 Å². The van der Waals surface area contributed by atoms with Gasteiger partial charge < -0.3 is 5.73 Å². The normalized spacial score (nSPS) is 23.3. The zero-order chi connectivity index (χ0) is 14.0. The lowest BCUT2D eigenvalue weighted by Crippen LogP contribution is -2.37. The Morgan fingerprint density at radius 2 is 1.79 bits per heavy atom. The van der Waals surface area contributed by atoms with Crippen molar-refractivity contribution in [3.05, 3.63) is 34.4 Å². The molecule has 2 atom stereocenters. The summed E-state index contributed by atoms with van der Waals surface area (Å²) in [5.41, 5.74) is 11.6. The highest BCUT2D eigenvalue weighted by molar-refractivity contribution is 5.36. The van der Waals surface area contributed by atoms with Gasteiger partial charge in [0.1, 0.15) is 0 Å². The molecule has 0 aromatic heterocycles. The van der Waals surface area contributed by atoms with Crippen molar-refractivity contribution in [2.24, 2.45) is 11.7 Å². The second-order valence-electron chi connectivity index (χ2n) is 6.27. The first-order valence-electron chi connectivity index (χ1n) is 7.50. The fourth-order valence-electron chi connectivity index (χ4n) is 3.45. The van der Waals surface area contributed by atoms with Crippen molar-refractivity contribution in [2.45, 2.75) is 52.6 Å². The number of hydrogen-bond acceptors (Lipinski definition) is 2. The van der Waals surface area contributed by atoms with Crippen LogP contribution in [0.2, 0.25) is 0 Å². The molecule has 1 fully saturated rings. The molecule has 0 saturated heterocycles. The summed E-state index contributed by atoms with van der Waals surface area (Å²) in [6.45, 7) is 8.51. The van der Waals surface area contributed by atoms with E-state index < -0.39 is 0 Å². The molecule has 106 valence electrons. The fraction of sp³-hybridized carbons (Fsp3) is 0.647. The van der Waals surface area contributed by atoms with Gasteiger partial charge in [-0.25, -0.2) is 0 Å². The van der Waals surface area contributed by atoms with Gasteiger partial charge >= 0.3 is 0 Å². The molecule has 1 aromatic carbocycles. The molecule has 0 heterocycles. The van der Waals surface area contributed by atoms with E-state index in [2.05, 4.69) is 44.9 Å². The molecule has 1 aliphatic rings. The predicted octanol–water partition coefficient (Wildman–Crippen LogP) is 3.17. The monoisotopic (exact) mass is 260 g/mol. The zero-order valence-electron chi connectivity index (χ0n) is 12.9. The summed E-state index contributed by atoms with van der Waals surface area (Å²) < 4.78 is 0. The van der Waals surface area contributed by atoms with Crippen molar-refractivity contribution in [1.82, 2.24) is 4.90 Å². The van der Waals surface area contributed by atoms with Gasteiger partial charge in [-0.2, -0.15) is 0 Å². The Hall–Kier alpha value is -0.860. The largest absolute Gasteiger partial charge is 0.330 e. The Morgan fingerprint density at radius 1 is 1.11 bits per heavy atom. The Kier molecular flexibility index (Phi) is 4.64. The summed E-state index contributed by atoms with van der Waals surface area (Å²) in [5.74, 6) is 0.692. The van der Waals surface area contributed by atoms with Gasteiger partial charge in [0, 0.05) is 12.6 Å². The van der Waals surface area contributed by atoms with Crippen LogP contribution in [0.25, 0.3) is 0 Å². The molecule has 2 unspecified atom stereocenters. The van der Waals surface area contributed by atoms with Gasteiger partial charge in [0.05, 0.1) is 0 Å². The minimum atomic E-state index is 0.672. The van der Waals surface area contributed by atoms with Crippen LogP contribution in [0.5, 0.6) is 0 Å². The van der Waals surface area contributed by atoms with Crippen LogP contribution in [0.15, 0.2) is 12.1 Å². The lowest BCUT2D eigenvalue weighted by molar-refractivity contribution is 0.192. The van der Waals surface area contributed by atoms with E-state index in [1.165, 1.54) is 41.5 Å². The first-order valence-corrected chi connectivity index (χ1v) is 7.50. The Balaban J connectivity index is 2.10. The third kappa shape index (κ3) is 3.18. The molecule has 1 aromatic rings. The average molecular weight is 260 g/mol. The van der Waals surface area contributed by atoms with Crippen molar-refractivity contribution in [3.8, 4) is 0 Å². The van der Waals surface area contributed by atoms with Crippen molar-refractivity contribution < 1.29 is 0 Å². The third-order valence-corrected chi connectivity index (χ3v) is 4.86. The van der Waals surface area contributed by atoms with E-state index in [0.29, 0.717) is 12.0 Å². The minimum absolute atomic E-state index is 0.672. The molecular weight excluding hydrogens is 232 g/mol. The van der Waals surface area contributed by atoms with Crippen LogP contribution in [-0.4, -0.2) is 24.5 Å². The van der Waals surface area contributed by atoms with Crippen LogP contribution in [0.3, 0.4) is 0 Å². The predicted molar refractivity (Wildman–Crippen MR) is 82.3 cm³/mol. The van der Waals surface area contributed by atoms with Gasteiger partial charge in [0.15, 0.2) is 0 Å². The summed E-state index contributed by atoms with van der Waals surface area (Å²) in [6, 6.07) is 5.34. The number of hydrogen-bond donors (Lipinski definition) is 1. The molecule has 0 bridgehead atoms. The molecule has 2 rings (SSSR count). The van der Waals surface area contributed by atoms with E-state index in [4.69, 9.17) is 5.73 Å². The maximum atomic E-state index is 5.90. The number of benzene rings is 1. The van der Waals surface area contributed by atoms with Crippen LogP contribution >= 0.6 is 0 Å². The van der Waals surface area contributed by atoms with E-state index in [9.17, 15) is 0 Å². The maximum absolute atomic E-state index is 5.90. The minimum Gasteiger partial charge on any atom is -0.330 e. The molecule has 2 heteroatoms. The molecule has 2 N–H and O–H groups in total. The number of nitrogens with two attached hydrogens (primary N) is 1. The second kappa shape index (κ2) is 6.06. The van der Waals surface area contributed by atoms with Crippen LogP contribution < -0.4 is 5.73 Å². The quantitative estimate of drug-likeness (QED) is 0.901. The lowest BCUT2D eigenvalue weighted by Gasteiger charge is -2.29. The highest BCUT2D eigenvalue weighted by Gasteiger charge is 2.29. The van der Waals surface area contributed by atoms with Crippen molar-refractivity contribution in [3.63, 3.8) is 0 Å². The summed E-state index contributed by atoms with van der Waals surface area (Å²) in [6.07, 6.45) is 3.95. The Labute approximate surface area is 118 Å². The summed E-state index contributed by atoms with van der Waals surface area (Å²) >= 11 is 0. The van der Waals surface area contributed by atoms with Gasteiger partial charge in [-0.1, -0.05) is 18.6 Å². The molecule has 1 aliphatic carbocycles. The number of aryl methyl sites for hydroxylation is 3. The standard InChI is InChI=1S/C17H28N2/c1-12-8-14(3)16(9-13(12)2)11-19(4)17-7-5-6-15(17)10-18/h8-9,15,17H,5-7,10-11,18H2,1-4H3. The number of nitrogens with zero attached hydrogens (tertiary/aromatic N) is 1. The van der Waals surface area contributed by atoms with Crippen molar-refractivity contribution in [2.75, 3.05) is 13.6 Å². The number of rotatable bonds is 4. The molecule has 0 aliphatic heterocycles. The van der Waals surface area contributed by atoms with Crippen LogP contribution in [0.1, 0.15) is 41.5 Å².